The fourth-order valence-electron chi connectivity index (χ4n) is 0.762. The van der Waals surface area contributed by atoms with Gasteiger partial charge in [-0.3, -0.25) is 4.79 Å². The average molecular weight is 178 g/mol. The summed E-state index contributed by atoms with van der Waals surface area (Å²) in [5.41, 5.74) is 0.739. The first-order valence-corrected chi connectivity index (χ1v) is 3.89. The summed E-state index contributed by atoms with van der Waals surface area (Å²) >= 11 is 4.93. The zero-order valence-electron chi connectivity index (χ0n) is 6.63. The Bertz CT molecular complexity index is 295. The maximum atomic E-state index is 10.6. The number of hydrogen-bond donors (Lipinski definition) is 1. The van der Waals surface area contributed by atoms with E-state index in [0.717, 1.165) is 5.56 Å². The molecule has 1 aromatic rings. The van der Waals surface area contributed by atoms with Gasteiger partial charge in [-0.2, -0.15) is 0 Å². The Labute approximate surface area is 76.6 Å². The third kappa shape index (κ3) is 2.43. The van der Waals surface area contributed by atoms with Crippen LogP contribution in [0, 0.1) is 6.07 Å². The molecule has 0 aromatic heterocycles. The monoisotopic (exact) mass is 178 g/mol. The second-order valence-electron chi connectivity index (χ2n) is 2.29. The summed E-state index contributed by atoms with van der Waals surface area (Å²) in [6.45, 7) is 1.43. The Morgan fingerprint density at radius 1 is 1.58 bits per heavy atom. The predicted octanol–water partition coefficient (Wildman–Crippen LogP) is 1.30. The lowest BCUT2D eigenvalue weighted by atomic mass is 10.2. The molecule has 1 aromatic carbocycles. The molecule has 0 saturated heterocycles. The van der Waals surface area contributed by atoms with Crippen LogP contribution in [0.2, 0.25) is 0 Å². The fraction of sp³-hybridized carbons (Fsp3) is 0.111. The lowest BCUT2D eigenvalue weighted by Crippen LogP contribution is -2.26. The van der Waals surface area contributed by atoms with Crippen molar-refractivity contribution < 1.29 is 4.79 Å². The molecule has 0 bridgehead atoms. The summed E-state index contributed by atoms with van der Waals surface area (Å²) < 4.78 is 0. The molecule has 3 heteroatoms. The molecule has 12 heavy (non-hydrogen) atoms. The number of rotatable bonds is 1. The van der Waals surface area contributed by atoms with E-state index in [1.807, 2.05) is 12.1 Å². The topological polar surface area (TPSA) is 29.1 Å². The fourth-order valence-corrected chi connectivity index (χ4v) is 1.03. The van der Waals surface area contributed by atoms with Gasteiger partial charge in [0.25, 0.3) is 0 Å². The van der Waals surface area contributed by atoms with Gasteiger partial charge in [0.05, 0.1) is 0 Å². The Morgan fingerprint density at radius 3 is 2.83 bits per heavy atom. The highest BCUT2D eigenvalue weighted by atomic mass is 32.1. The van der Waals surface area contributed by atoms with Gasteiger partial charge in [-0.15, -0.1) is 0 Å². The molecule has 0 aliphatic heterocycles. The number of thiocarbonyl (C=S) groups is 1. The molecule has 0 spiro atoms. The van der Waals surface area contributed by atoms with Crippen LogP contribution in [0.4, 0.5) is 0 Å². The Kier molecular flexibility index (Phi) is 2.94. The van der Waals surface area contributed by atoms with E-state index in [4.69, 9.17) is 12.2 Å². The minimum absolute atomic E-state index is 0.155. The van der Waals surface area contributed by atoms with Gasteiger partial charge in [-0.25, -0.2) is 0 Å². The van der Waals surface area contributed by atoms with Crippen LogP contribution in [-0.4, -0.2) is 10.9 Å². The first kappa shape index (κ1) is 8.87. The number of amides is 1. The molecule has 2 nitrogen and oxygen atoms in total. The van der Waals surface area contributed by atoms with E-state index in [-0.39, 0.29) is 5.91 Å². The number of carbonyl (C=O) groups excluding carboxylic acids is 1. The molecule has 1 radical (unpaired) electrons. The summed E-state index contributed by atoms with van der Waals surface area (Å²) in [6.07, 6.45) is 0. The van der Waals surface area contributed by atoms with Gasteiger partial charge in [-0.05, 0) is 6.07 Å². The second-order valence-corrected chi connectivity index (χ2v) is 2.69. The highest BCUT2D eigenvalue weighted by Gasteiger charge is 2.00. The SMILES string of the molecule is CC(=O)NC(=S)c1[c]cccc1. The summed E-state index contributed by atoms with van der Waals surface area (Å²) in [5, 5.41) is 2.52. The third-order valence-corrected chi connectivity index (χ3v) is 1.57. The molecule has 61 valence electrons. The minimum Gasteiger partial charge on any atom is -0.317 e. The number of carbonyl (C=O) groups is 1. The lowest BCUT2D eigenvalue weighted by Gasteiger charge is -2.02. The van der Waals surface area contributed by atoms with Crippen LogP contribution in [0.5, 0.6) is 0 Å². The van der Waals surface area contributed by atoms with Crippen molar-refractivity contribution in [1.29, 1.82) is 0 Å². The lowest BCUT2D eigenvalue weighted by molar-refractivity contribution is -0.117. The van der Waals surface area contributed by atoms with Gasteiger partial charge < -0.3 is 5.32 Å². The van der Waals surface area contributed by atoms with Crippen molar-refractivity contribution in [3.63, 3.8) is 0 Å². The molecular weight excluding hydrogens is 170 g/mol. The zero-order chi connectivity index (χ0) is 8.97. The van der Waals surface area contributed by atoms with Gasteiger partial charge in [0.2, 0.25) is 5.91 Å². The van der Waals surface area contributed by atoms with Crippen LogP contribution in [0.25, 0.3) is 0 Å². The van der Waals surface area contributed by atoms with Gasteiger partial charge in [0, 0.05) is 12.5 Å². The molecular formula is C9H8NOS. The Balaban J connectivity index is 2.73. The maximum Gasteiger partial charge on any atom is 0.221 e. The van der Waals surface area contributed by atoms with Crippen LogP contribution in [0.1, 0.15) is 12.5 Å². The summed E-state index contributed by atoms with van der Waals surface area (Å²) in [6, 6.07) is 10.2. The first-order chi connectivity index (χ1) is 5.70. The molecule has 1 amide bonds. The summed E-state index contributed by atoms with van der Waals surface area (Å²) in [7, 11) is 0. The van der Waals surface area contributed by atoms with E-state index in [1.165, 1.54) is 6.92 Å². The summed E-state index contributed by atoms with van der Waals surface area (Å²) in [4.78, 5) is 11.0. The predicted molar refractivity (Wildman–Crippen MR) is 50.8 cm³/mol. The molecule has 0 aliphatic carbocycles. The van der Waals surface area contributed by atoms with Crippen molar-refractivity contribution in [3.8, 4) is 0 Å². The first-order valence-electron chi connectivity index (χ1n) is 3.49. The van der Waals surface area contributed by atoms with E-state index >= 15 is 0 Å². The molecule has 0 aliphatic rings. The van der Waals surface area contributed by atoms with Gasteiger partial charge >= 0.3 is 0 Å². The average Bonchev–Trinajstić information content (AvgIpc) is 2.05. The number of benzene rings is 1. The van der Waals surface area contributed by atoms with Crippen LogP contribution >= 0.6 is 12.2 Å². The highest BCUT2D eigenvalue weighted by molar-refractivity contribution is 7.80. The van der Waals surface area contributed by atoms with Crippen molar-refractivity contribution >= 4 is 23.1 Å². The van der Waals surface area contributed by atoms with Crippen LogP contribution in [-0.2, 0) is 4.79 Å². The molecule has 1 rings (SSSR count). The second kappa shape index (κ2) is 3.97. The number of nitrogens with one attached hydrogen (secondary N) is 1. The van der Waals surface area contributed by atoms with E-state index in [0.29, 0.717) is 4.99 Å². The maximum absolute atomic E-state index is 10.6. The standard InChI is InChI=1S/C9H8NOS/c1-7(11)10-9(12)8-5-3-2-4-6-8/h2-5H,1H3,(H,10,11,12). The van der Waals surface area contributed by atoms with E-state index in [9.17, 15) is 4.79 Å². The zero-order valence-corrected chi connectivity index (χ0v) is 7.44. The van der Waals surface area contributed by atoms with Crippen LogP contribution < -0.4 is 5.32 Å². The van der Waals surface area contributed by atoms with Crippen LogP contribution in [0.15, 0.2) is 24.3 Å². The normalized spacial score (nSPS) is 9.08. The van der Waals surface area contributed by atoms with Crippen molar-refractivity contribution in [2.75, 3.05) is 0 Å². The third-order valence-electron chi connectivity index (χ3n) is 1.24. The van der Waals surface area contributed by atoms with Crippen LogP contribution in [0.3, 0.4) is 0 Å². The van der Waals surface area contributed by atoms with Gasteiger partial charge in [0.1, 0.15) is 4.99 Å². The van der Waals surface area contributed by atoms with Crippen molar-refractivity contribution in [1.82, 2.24) is 5.32 Å². The Morgan fingerprint density at radius 2 is 2.33 bits per heavy atom. The Hall–Kier alpha value is -1.22. The van der Waals surface area contributed by atoms with E-state index < -0.39 is 0 Å². The molecule has 0 fully saturated rings. The molecule has 0 heterocycles. The summed E-state index contributed by atoms with van der Waals surface area (Å²) in [5.74, 6) is -0.155. The van der Waals surface area contributed by atoms with Crippen molar-refractivity contribution in [2.24, 2.45) is 0 Å². The quantitative estimate of drug-likeness (QED) is 0.657. The molecule has 0 saturated carbocycles. The van der Waals surface area contributed by atoms with E-state index in [2.05, 4.69) is 11.4 Å². The van der Waals surface area contributed by atoms with E-state index in [1.54, 1.807) is 12.1 Å². The highest BCUT2D eigenvalue weighted by Crippen LogP contribution is 1.97. The van der Waals surface area contributed by atoms with Gasteiger partial charge in [0.15, 0.2) is 0 Å². The van der Waals surface area contributed by atoms with Crippen molar-refractivity contribution in [2.45, 2.75) is 6.92 Å². The largest absolute Gasteiger partial charge is 0.317 e. The molecule has 0 atom stereocenters. The molecule has 1 N–H and O–H groups in total. The molecule has 0 unspecified atom stereocenters. The minimum atomic E-state index is -0.155. The van der Waals surface area contributed by atoms with Crippen molar-refractivity contribution in [3.05, 3.63) is 35.9 Å². The smallest absolute Gasteiger partial charge is 0.221 e. The number of hydrogen-bond acceptors (Lipinski definition) is 2. The van der Waals surface area contributed by atoms with Gasteiger partial charge in [-0.1, -0.05) is 36.5 Å².